The van der Waals surface area contributed by atoms with E-state index in [1.807, 2.05) is 0 Å². The Kier molecular flexibility index (Phi) is 6.31. The highest BCUT2D eigenvalue weighted by molar-refractivity contribution is 6.64. The van der Waals surface area contributed by atoms with Gasteiger partial charge in [-0.2, -0.15) is 4.79 Å². The molecule has 0 amide bonds. The van der Waals surface area contributed by atoms with Crippen molar-refractivity contribution >= 4 is 17.3 Å². The monoisotopic (exact) mass is 290 g/mol. The number of nitrogens with zero attached hydrogens (tertiary/aromatic N) is 2. The molecule has 0 aromatic rings. The predicted octanol–water partition coefficient (Wildman–Crippen LogP) is 3.74. The molecule has 21 heavy (non-hydrogen) atoms. The van der Waals surface area contributed by atoms with Gasteiger partial charge in [-0.3, -0.25) is 9.59 Å². The minimum atomic E-state index is -0.259. The van der Waals surface area contributed by atoms with E-state index >= 15 is 0 Å². The molecule has 2 rings (SSSR count). The highest BCUT2D eigenvalue weighted by Crippen LogP contribution is 2.28. The fourth-order valence-electron chi connectivity index (χ4n) is 3.77. The number of carbonyl (C=O) groups is 2. The summed E-state index contributed by atoms with van der Waals surface area (Å²) in [5, 5.41) is 0. The van der Waals surface area contributed by atoms with Crippen LogP contribution in [0.4, 0.5) is 0 Å². The molecule has 4 heteroatoms. The average molecular weight is 290 g/mol. The van der Waals surface area contributed by atoms with Crippen LogP contribution in [0, 0.1) is 11.8 Å². The topological polar surface area (TPSA) is 70.5 Å². The van der Waals surface area contributed by atoms with E-state index in [1.54, 1.807) is 0 Å². The Bertz CT molecular complexity index is 392. The number of rotatable bonds is 6. The van der Waals surface area contributed by atoms with Crippen LogP contribution in [-0.4, -0.2) is 22.1 Å². The summed E-state index contributed by atoms with van der Waals surface area (Å²) in [4.78, 5) is 27.5. The van der Waals surface area contributed by atoms with E-state index in [4.69, 9.17) is 5.53 Å². The van der Waals surface area contributed by atoms with Crippen LogP contribution in [-0.2, 0) is 9.59 Å². The Morgan fingerprint density at radius 1 is 0.762 bits per heavy atom. The van der Waals surface area contributed by atoms with Crippen molar-refractivity contribution in [1.29, 1.82) is 0 Å². The lowest BCUT2D eigenvalue weighted by molar-refractivity contribution is -0.125. The number of hydrogen-bond donors (Lipinski definition) is 0. The fraction of sp³-hybridized carbons (Fsp3) is 0.824. The Balaban J connectivity index is 1.86. The number of Topliss-reactive ketones (excluding diaryl/α,β-unsaturated/α-hetero) is 2. The van der Waals surface area contributed by atoms with Crippen molar-refractivity contribution in [3.8, 4) is 0 Å². The van der Waals surface area contributed by atoms with E-state index < -0.39 is 0 Å². The van der Waals surface area contributed by atoms with Crippen molar-refractivity contribution < 1.29 is 14.4 Å². The summed E-state index contributed by atoms with van der Waals surface area (Å²) in [5.74, 6) is 0.214. The first-order valence-corrected chi connectivity index (χ1v) is 8.49. The summed E-state index contributed by atoms with van der Waals surface area (Å²) in [6.45, 7) is 0. The van der Waals surface area contributed by atoms with E-state index in [0.717, 1.165) is 25.7 Å². The molecule has 0 N–H and O–H groups in total. The van der Waals surface area contributed by atoms with Crippen molar-refractivity contribution in [2.75, 3.05) is 0 Å². The van der Waals surface area contributed by atoms with Crippen LogP contribution in [0.3, 0.4) is 0 Å². The van der Waals surface area contributed by atoms with E-state index in [9.17, 15) is 9.59 Å². The maximum absolute atomic E-state index is 12.2. The molecule has 2 aliphatic rings. The number of carbonyl (C=O) groups excluding carboxylic acids is 2. The smallest absolute Gasteiger partial charge is 0.360 e. The molecule has 0 aliphatic heterocycles. The summed E-state index contributed by atoms with van der Waals surface area (Å²) in [7, 11) is 0. The normalized spacial score (nSPS) is 20.8. The van der Waals surface area contributed by atoms with Crippen molar-refractivity contribution in [2.45, 2.75) is 77.0 Å². The molecular weight excluding hydrogens is 264 g/mol. The molecule has 2 aliphatic carbocycles. The molecular formula is C17H26N2O2. The number of hydrogen-bond acceptors (Lipinski definition) is 2. The predicted molar refractivity (Wildman–Crippen MR) is 81.0 cm³/mol. The van der Waals surface area contributed by atoms with Gasteiger partial charge in [-0.1, -0.05) is 64.2 Å². The average Bonchev–Trinajstić information content (AvgIpc) is 2.50. The van der Waals surface area contributed by atoms with Gasteiger partial charge in [-0.25, -0.2) is 0 Å². The molecule has 0 aromatic carbocycles. The van der Waals surface area contributed by atoms with Crippen LogP contribution in [0.25, 0.3) is 5.53 Å². The molecule has 0 aromatic heterocycles. The summed E-state index contributed by atoms with van der Waals surface area (Å²) in [6.07, 6.45) is 12.1. The minimum absolute atomic E-state index is 0.203. The van der Waals surface area contributed by atoms with Crippen LogP contribution >= 0.6 is 0 Å². The van der Waals surface area contributed by atoms with Crippen LogP contribution in [0.5, 0.6) is 0 Å². The van der Waals surface area contributed by atoms with E-state index in [-0.39, 0.29) is 17.3 Å². The van der Waals surface area contributed by atoms with Gasteiger partial charge in [-0.05, 0) is 11.8 Å². The Morgan fingerprint density at radius 3 is 1.48 bits per heavy atom. The summed E-state index contributed by atoms with van der Waals surface area (Å²) in [5.41, 5.74) is 8.87. The molecule has 2 saturated carbocycles. The minimum Gasteiger partial charge on any atom is -0.360 e. The van der Waals surface area contributed by atoms with Gasteiger partial charge in [0.05, 0.1) is 0 Å². The largest absolute Gasteiger partial charge is 0.400 e. The van der Waals surface area contributed by atoms with E-state index in [2.05, 4.69) is 4.79 Å². The second-order valence-corrected chi connectivity index (χ2v) is 6.71. The first-order chi connectivity index (χ1) is 10.2. The van der Waals surface area contributed by atoms with Crippen LogP contribution in [0.15, 0.2) is 0 Å². The fourth-order valence-corrected chi connectivity index (χ4v) is 3.77. The summed E-state index contributed by atoms with van der Waals surface area (Å²) >= 11 is 0. The van der Waals surface area contributed by atoms with Gasteiger partial charge in [0.25, 0.3) is 0 Å². The third-order valence-corrected chi connectivity index (χ3v) is 5.03. The molecule has 0 heterocycles. The standard InChI is InChI=1S/C17H26N2O2/c18-19-17(15(20)11-13-7-3-1-4-8-13)16(21)12-14-9-5-2-6-10-14/h13-14H,1-12H2. The van der Waals surface area contributed by atoms with Gasteiger partial charge in [0.15, 0.2) is 0 Å². The molecule has 2 fully saturated rings. The lowest BCUT2D eigenvalue weighted by atomic mass is 9.82. The molecule has 0 unspecified atom stereocenters. The second-order valence-electron chi connectivity index (χ2n) is 6.71. The van der Waals surface area contributed by atoms with Crippen molar-refractivity contribution in [1.82, 2.24) is 0 Å². The highest BCUT2D eigenvalue weighted by Gasteiger charge is 2.33. The van der Waals surface area contributed by atoms with Crippen LogP contribution in [0.2, 0.25) is 0 Å². The molecule has 0 spiro atoms. The van der Waals surface area contributed by atoms with Gasteiger partial charge in [0.1, 0.15) is 0 Å². The maximum atomic E-state index is 12.2. The molecule has 0 bridgehead atoms. The second kappa shape index (κ2) is 8.23. The third-order valence-electron chi connectivity index (χ3n) is 5.03. The van der Waals surface area contributed by atoms with Crippen molar-refractivity contribution in [3.05, 3.63) is 5.53 Å². The highest BCUT2D eigenvalue weighted by atomic mass is 16.1. The Morgan fingerprint density at radius 2 is 1.14 bits per heavy atom. The third kappa shape index (κ3) is 4.89. The Labute approximate surface area is 126 Å². The molecule has 116 valence electrons. The molecule has 0 radical (unpaired) electrons. The van der Waals surface area contributed by atoms with Crippen LogP contribution < -0.4 is 0 Å². The zero-order valence-corrected chi connectivity index (χ0v) is 12.9. The summed E-state index contributed by atoms with van der Waals surface area (Å²) < 4.78 is 0. The quantitative estimate of drug-likeness (QED) is 0.323. The maximum Gasteiger partial charge on any atom is 0.400 e. The zero-order chi connectivity index (χ0) is 15.1. The van der Waals surface area contributed by atoms with E-state index in [0.29, 0.717) is 24.7 Å². The summed E-state index contributed by atoms with van der Waals surface area (Å²) in [6, 6.07) is 0. The molecule has 0 atom stereocenters. The van der Waals surface area contributed by atoms with Crippen LogP contribution in [0.1, 0.15) is 77.0 Å². The zero-order valence-electron chi connectivity index (χ0n) is 12.9. The van der Waals surface area contributed by atoms with E-state index in [1.165, 1.54) is 38.5 Å². The van der Waals surface area contributed by atoms with Gasteiger partial charge in [0, 0.05) is 12.8 Å². The van der Waals surface area contributed by atoms with Gasteiger partial charge >= 0.3 is 5.71 Å². The molecule has 0 saturated heterocycles. The van der Waals surface area contributed by atoms with Gasteiger partial charge in [0.2, 0.25) is 11.6 Å². The lowest BCUT2D eigenvalue weighted by Crippen LogP contribution is -2.29. The SMILES string of the molecule is [N-]=[N+]=C(C(=O)CC1CCCCC1)C(=O)CC1CCCCC1. The number of ketones is 2. The first-order valence-electron chi connectivity index (χ1n) is 8.49. The Hall–Kier alpha value is -1.28. The lowest BCUT2D eigenvalue weighted by Gasteiger charge is -2.20. The van der Waals surface area contributed by atoms with Gasteiger partial charge in [-0.15, -0.1) is 0 Å². The van der Waals surface area contributed by atoms with Crippen molar-refractivity contribution in [3.63, 3.8) is 0 Å². The molecule has 4 nitrogen and oxygen atoms in total. The first kappa shape index (κ1) is 16.1. The van der Waals surface area contributed by atoms with Gasteiger partial charge < -0.3 is 5.53 Å². The van der Waals surface area contributed by atoms with Crippen molar-refractivity contribution in [2.24, 2.45) is 11.8 Å².